The monoisotopic (exact) mass is 386 g/mol. The van der Waals surface area contributed by atoms with Crippen molar-refractivity contribution in [3.63, 3.8) is 0 Å². The van der Waals surface area contributed by atoms with Gasteiger partial charge in [0.1, 0.15) is 5.00 Å². The number of anilines is 1. The molecule has 1 aromatic rings. The maximum atomic E-state index is 12.1. The fourth-order valence-corrected chi connectivity index (χ4v) is 2.88. The second-order valence-electron chi connectivity index (χ2n) is 4.40. The molecule has 10 heteroatoms. The molecule has 122 valence electrons. The lowest BCUT2D eigenvalue weighted by molar-refractivity contribution is -0.115. The van der Waals surface area contributed by atoms with Crippen molar-refractivity contribution in [2.45, 2.75) is 10.7 Å². The van der Waals surface area contributed by atoms with Crippen molar-refractivity contribution in [2.24, 2.45) is 0 Å². The van der Waals surface area contributed by atoms with Crippen LogP contribution in [0.4, 0.5) is 5.00 Å². The number of alkyl halides is 3. The van der Waals surface area contributed by atoms with Crippen molar-refractivity contribution in [1.29, 1.82) is 0 Å². The highest BCUT2D eigenvalue weighted by Gasteiger charge is 2.34. The van der Waals surface area contributed by atoms with Crippen LogP contribution in [0.2, 0.25) is 0 Å². The van der Waals surface area contributed by atoms with Gasteiger partial charge in [-0.25, -0.2) is 4.79 Å². The number of halogens is 3. The van der Waals surface area contributed by atoms with E-state index in [-0.39, 0.29) is 21.3 Å². The number of esters is 1. The second kappa shape index (κ2) is 7.04. The van der Waals surface area contributed by atoms with E-state index in [9.17, 15) is 14.4 Å². The number of thiophene rings is 1. The van der Waals surface area contributed by atoms with Gasteiger partial charge in [-0.2, -0.15) is 0 Å². The van der Waals surface area contributed by atoms with Gasteiger partial charge in [0.15, 0.2) is 0 Å². The molecule has 22 heavy (non-hydrogen) atoms. The van der Waals surface area contributed by atoms with E-state index < -0.39 is 15.7 Å². The molecule has 2 amide bonds. The average Bonchev–Trinajstić information content (AvgIpc) is 2.72. The summed E-state index contributed by atoms with van der Waals surface area (Å²) in [6, 6.07) is 0. The Kier molecular flexibility index (Phi) is 6.09. The number of hydrogen-bond acceptors (Lipinski definition) is 5. The van der Waals surface area contributed by atoms with E-state index in [1.54, 1.807) is 21.0 Å². The third-order valence-corrected chi connectivity index (χ3v) is 4.33. The number of carbonyl (C=O) groups excluding carboxylic acids is 3. The predicted molar refractivity (Wildman–Crippen MR) is 87.3 cm³/mol. The molecule has 0 spiro atoms. The van der Waals surface area contributed by atoms with Gasteiger partial charge in [0.2, 0.25) is 0 Å². The first kappa shape index (κ1) is 19.0. The Bertz CT molecular complexity index is 623. The number of amides is 2. The van der Waals surface area contributed by atoms with E-state index in [0.29, 0.717) is 5.56 Å². The van der Waals surface area contributed by atoms with E-state index >= 15 is 0 Å². The molecular formula is C12H13Cl3N2O4S. The van der Waals surface area contributed by atoms with Crippen molar-refractivity contribution in [1.82, 2.24) is 4.90 Å². The van der Waals surface area contributed by atoms with Crippen LogP contribution in [-0.4, -0.2) is 47.7 Å². The topological polar surface area (TPSA) is 75.7 Å². The largest absolute Gasteiger partial charge is 0.465 e. The summed E-state index contributed by atoms with van der Waals surface area (Å²) in [7, 11) is 4.32. The zero-order valence-corrected chi connectivity index (χ0v) is 15.2. The van der Waals surface area contributed by atoms with Gasteiger partial charge in [0.25, 0.3) is 15.6 Å². The molecule has 0 radical (unpaired) electrons. The smallest absolute Gasteiger partial charge is 0.341 e. The Morgan fingerprint density at radius 3 is 2.18 bits per heavy atom. The highest BCUT2D eigenvalue weighted by atomic mass is 35.6. The van der Waals surface area contributed by atoms with Crippen molar-refractivity contribution < 1.29 is 19.1 Å². The molecule has 0 fully saturated rings. The second-order valence-corrected chi connectivity index (χ2v) is 7.71. The van der Waals surface area contributed by atoms with Crippen LogP contribution in [0.25, 0.3) is 0 Å². The normalized spacial score (nSPS) is 11.0. The lowest BCUT2D eigenvalue weighted by Gasteiger charge is -2.11. The summed E-state index contributed by atoms with van der Waals surface area (Å²) in [6.45, 7) is 1.57. The molecule has 0 aromatic carbocycles. The SMILES string of the molecule is COC(=O)c1c(NC(=O)C(Cl)(Cl)Cl)sc(C(=O)N(C)C)c1C. The van der Waals surface area contributed by atoms with Gasteiger partial charge < -0.3 is 15.0 Å². The first-order chi connectivity index (χ1) is 10.0. The van der Waals surface area contributed by atoms with Crippen LogP contribution in [0.1, 0.15) is 25.6 Å². The number of nitrogens with zero attached hydrogens (tertiary/aromatic N) is 1. The Balaban J connectivity index is 3.37. The third-order valence-electron chi connectivity index (χ3n) is 2.62. The number of nitrogens with one attached hydrogen (secondary N) is 1. The average molecular weight is 388 g/mol. The van der Waals surface area contributed by atoms with Gasteiger partial charge in [0, 0.05) is 14.1 Å². The molecule has 6 nitrogen and oxygen atoms in total. The lowest BCUT2D eigenvalue weighted by Crippen LogP contribution is -2.27. The molecule has 0 unspecified atom stereocenters. The number of methoxy groups -OCH3 is 1. The molecule has 0 saturated heterocycles. The van der Waals surface area contributed by atoms with E-state index in [4.69, 9.17) is 34.8 Å². The van der Waals surface area contributed by atoms with Crippen molar-refractivity contribution in [3.8, 4) is 0 Å². The van der Waals surface area contributed by atoms with Crippen molar-refractivity contribution in [2.75, 3.05) is 26.5 Å². The summed E-state index contributed by atoms with van der Waals surface area (Å²) in [5.41, 5.74) is 0.440. The van der Waals surface area contributed by atoms with E-state index in [1.165, 1.54) is 12.0 Å². The van der Waals surface area contributed by atoms with Crippen LogP contribution in [-0.2, 0) is 9.53 Å². The molecule has 0 aliphatic carbocycles. The number of rotatable bonds is 3. The van der Waals surface area contributed by atoms with Crippen LogP contribution in [0.5, 0.6) is 0 Å². The fraction of sp³-hybridized carbons (Fsp3) is 0.417. The first-order valence-corrected chi connectivity index (χ1v) is 7.77. The predicted octanol–water partition coefficient (Wildman–Crippen LogP) is 2.85. The summed E-state index contributed by atoms with van der Waals surface area (Å²) >= 11 is 17.4. The van der Waals surface area contributed by atoms with Crippen LogP contribution < -0.4 is 5.32 Å². The highest BCUT2D eigenvalue weighted by Crippen LogP contribution is 2.36. The molecule has 1 N–H and O–H groups in total. The Morgan fingerprint density at radius 2 is 1.77 bits per heavy atom. The number of carbonyl (C=O) groups is 3. The minimum Gasteiger partial charge on any atom is -0.465 e. The molecule has 1 rings (SSSR count). The molecule has 0 bridgehead atoms. The van der Waals surface area contributed by atoms with Crippen molar-refractivity contribution in [3.05, 3.63) is 16.0 Å². The molecule has 0 aliphatic rings. The van der Waals surface area contributed by atoms with Crippen LogP contribution in [0.15, 0.2) is 0 Å². The summed E-state index contributed by atoms with van der Waals surface area (Å²) in [4.78, 5) is 37.4. The van der Waals surface area contributed by atoms with Gasteiger partial charge >= 0.3 is 5.97 Å². The lowest BCUT2D eigenvalue weighted by atomic mass is 10.1. The summed E-state index contributed by atoms with van der Waals surface area (Å²) in [5.74, 6) is -1.96. The fourth-order valence-electron chi connectivity index (χ4n) is 1.53. The minimum absolute atomic E-state index is 0.0558. The van der Waals surface area contributed by atoms with Crippen LogP contribution in [0.3, 0.4) is 0 Å². The maximum Gasteiger partial charge on any atom is 0.341 e. The van der Waals surface area contributed by atoms with Gasteiger partial charge in [-0.15, -0.1) is 11.3 Å². The molecule has 1 aromatic heterocycles. The third kappa shape index (κ3) is 4.04. The Hall–Kier alpha value is -1.02. The molecule has 0 aliphatic heterocycles. The van der Waals surface area contributed by atoms with Gasteiger partial charge in [-0.3, -0.25) is 9.59 Å². The first-order valence-electron chi connectivity index (χ1n) is 5.82. The Labute approximate surface area is 146 Å². The van der Waals surface area contributed by atoms with Crippen LogP contribution in [0, 0.1) is 6.92 Å². The van der Waals surface area contributed by atoms with E-state index in [1.807, 2.05) is 0 Å². The van der Waals surface area contributed by atoms with Gasteiger partial charge in [0.05, 0.1) is 17.6 Å². The zero-order chi connectivity index (χ0) is 17.2. The van der Waals surface area contributed by atoms with Crippen molar-refractivity contribution >= 4 is 68.9 Å². The summed E-state index contributed by atoms with van der Waals surface area (Å²) in [5, 5.41) is 2.42. The Morgan fingerprint density at radius 1 is 1.23 bits per heavy atom. The standard InChI is InChI=1S/C12H13Cl3N2O4S/c1-5-6(10(19)21-4)8(16-11(20)12(13,14)15)22-7(5)9(18)17(2)3/h1-4H3,(H,16,20). The quantitative estimate of drug-likeness (QED) is 0.639. The maximum absolute atomic E-state index is 12.1. The van der Waals surface area contributed by atoms with Crippen LogP contribution >= 0.6 is 46.1 Å². The molecule has 0 atom stereocenters. The highest BCUT2D eigenvalue weighted by molar-refractivity contribution is 7.18. The number of hydrogen-bond donors (Lipinski definition) is 1. The van der Waals surface area contributed by atoms with Gasteiger partial charge in [-0.05, 0) is 12.5 Å². The summed E-state index contributed by atoms with van der Waals surface area (Å²) < 4.78 is 2.47. The van der Waals surface area contributed by atoms with Gasteiger partial charge in [-0.1, -0.05) is 34.8 Å². The van der Waals surface area contributed by atoms with E-state index in [0.717, 1.165) is 11.3 Å². The molecule has 0 saturated carbocycles. The molecule has 1 heterocycles. The minimum atomic E-state index is -2.20. The number of ether oxygens (including phenoxy) is 1. The van der Waals surface area contributed by atoms with E-state index in [2.05, 4.69) is 10.1 Å². The summed E-state index contributed by atoms with van der Waals surface area (Å²) in [6.07, 6.45) is 0. The zero-order valence-electron chi connectivity index (χ0n) is 12.1. The molecular weight excluding hydrogens is 375 g/mol.